The molecule has 0 saturated carbocycles. The Morgan fingerprint density at radius 3 is 2.73 bits per heavy atom. The molecule has 0 spiro atoms. The van der Waals surface area contributed by atoms with Crippen LogP contribution in [0.25, 0.3) is 0 Å². The number of hydrogen-bond donors (Lipinski definition) is 2. The van der Waals surface area contributed by atoms with Gasteiger partial charge in [-0.05, 0) is 70.7 Å². The average molecular weight is 442 g/mol. The molecule has 0 fully saturated rings. The first kappa shape index (κ1) is 20.1. The van der Waals surface area contributed by atoms with E-state index in [0.717, 1.165) is 11.1 Å². The lowest BCUT2D eigenvalue weighted by Gasteiger charge is -2.12. The molecule has 2 rings (SSSR count). The zero-order valence-corrected chi connectivity index (χ0v) is 16.8. The standard InChI is InChI=1S/C18H18BrClN2O4/c1-10-6-15(17(19)11(2)18(10)20)26-9-16(24)22-21-8-12-4-5-14(25-3)13(23)7-12/h4-8,23H,9H2,1-3H3,(H,22,24)/b21-8+. The smallest absolute Gasteiger partial charge is 0.277 e. The molecule has 0 atom stereocenters. The number of benzene rings is 2. The number of halogens is 2. The summed E-state index contributed by atoms with van der Waals surface area (Å²) in [6.45, 7) is 3.52. The summed E-state index contributed by atoms with van der Waals surface area (Å²) < 4.78 is 11.2. The maximum Gasteiger partial charge on any atom is 0.277 e. The van der Waals surface area contributed by atoms with Crippen molar-refractivity contribution in [1.82, 2.24) is 5.43 Å². The first-order chi connectivity index (χ1) is 12.3. The van der Waals surface area contributed by atoms with Crippen molar-refractivity contribution in [1.29, 1.82) is 0 Å². The number of aryl methyl sites for hydroxylation is 1. The number of ether oxygens (including phenoxy) is 2. The van der Waals surface area contributed by atoms with Crippen LogP contribution in [-0.4, -0.2) is 30.9 Å². The number of aromatic hydroxyl groups is 1. The van der Waals surface area contributed by atoms with Gasteiger partial charge >= 0.3 is 0 Å². The zero-order chi connectivity index (χ0) is 19.3. The Morgan fingerprint density at radius 1 is 1.35 bits per heavy atom. The van der Waals surface area contributed by atoms with E-state index < -0.39 is 5.91 Å². The van der Waals surface area contributed by atoms with Crippen LogP contribution < -0.4 is 14.9 Å². The minimum absolute atomic E-state index is 0.00978. The maximum atomic E-state index is 11.9. The Labute approximate surface area is 164 Å². The molecule has 2 N–H and O–H groups in total. The van der Waals surface area contributed by atoms with Crippen LogP contribution in [-0.2, 0) is 4.79 Å². The van der Waals surface area contributed by atoms with Gasteiger partial charge in [-0.25, -0.2) is 5.43 Å². The molecule has 0 heterocycles. The van der Waals surface area contributed by atoms with Gasteiger partial charge in [0.05, 0.1) is 17.8 Å². The molecule has 0 saturated heterocycles. The number of nitrogens with one attached hydrogen (secondary N) is 1. The quantitative estimate of drug-likeness (QED) is 0.525. The lowest BCUT2D eigenvalue weighted by atomic mass is 10.1. The predicted octanol–water partition coefficient (Wildman–Crippen LogP) is 3.96. The normalized spacial score (nSPS) is 10.8. The highest BCUT2D eigenvalue weighted by atomic mass is 79.9. The molecule has 6 nitrogen and oxygen atoms in total. The van der Waals surface area contributed by atoms with Crippen LogP contribution in [0.1, 0.15) is 16.7 Å². The molecule has 0 bridgehead atoms. The average Bonchev–Trinajstić information content (AvgIpc) is 2.62. The number of nitrogens with zero attached hydrogens (tertiary/aromatic N) is 1. The molecule has 138 valence electrons. The van der Waals surface area contributed by atoms with Crippen molar-refractivity contribution < 1.29 is 19.4 Å². The van der Waals surface area contributed by atoms with Crippen LogP contribution >= 0.6 is 27.5 Å². The van der Waals surface area contributed by atoms with Gasteiger partial charge in [0.15, 0.2) is 18.1 Å². The van der Waals surface area contributed by atoms with E-state index in [9.17, 15) is 9.90 Å². The Hall–Kier alpha value is -2.25. The lowest BCUT2D eigenvalue weighted by molar-refractivity contribution is -0.123. The van der Waals surface area contributed by atoms with E-state index >= 15 is 0 Å². The molecule has 0 aliphatic carbocycles. The van der Waals surface area contributed by atoms with Gasteiger partial charge in [-0.2, -0.15) is 5.10 Å². The highest BCUT2D eigenvalue weighted by Gasteiger charge is 2.12. The van der Waals surface area contributed by atoms with Gasteiger partial charge in [-0.15, -0.1) is 0 Å². The van der Waals surface area contributed by atoms with Crippen molar-refractivity contribution >= 4 is 39.7 Å². The van der Waals surface area contributed by atoms with E-state index in [1.165, 1.54) is 19.4 Å². The number of hydrogen-bond acceptors (Lipinski definition) is 5. The number of phenolic OH excluding ortho intramolecular Hbond substituents is 1. The topological polar surface area (TPSA) is 80.2 Å². The van der Waals surface area contributed by atoms with Gasteiger partial charge in [0.1, 0.15) is 5.75 Å². The van der Waals surface area contributed by atoms with Crippen LogP contribution in [0.3, 0.4) is 0 Å². The third-order valence-electron chi connectivity index (χ3n) is 3.53. The minimum atomic E-state index is -0.420. The van der Waals surface area contributed by atoms with Gasteiger partial charge in [-0.3, -0.25) is 4.79 Å². The molecule has 0 radical (unpaired) electrons. The van der Waals surface area contributed by atoms with Crippen molar-refractivity contribution in [2.45, 2.75) is 13.8 Å². The first-order valence-corrected chi connectivity index (χ1v) is 8.77. The van der Waals surface area contributed by atoms with E-state index in [-0.39, 0.29) is 12.4 Å². The maximum absolute atomic E-state index is 11.9. The molecule has 8 heteroatoms. The second kappa shape index (κ2) is 8.91. The van der Waals surface area contributed by atoms with Crippen molar-refractivity contribution in [3.05, 3.63) is 50.5 Å². The summed E-state index contributed by atoms with van der Waals surface area (Å²) in [6.07, 6.45) is 1.41. The highest BCUT2D eigenvalue weighted by molar-refractivity contribution is 9.10. The van der Waals surface area contributed by atoms with E-state index in [0.29, 0.717) is 26.6 Å². The largest absolute Gasteiger partial charge is 0.504 e. The van der Waals surface area contributed by atoms with Gasteiger partial charge < -0.3 is 14.6 Å². The molecule has 0 aliphatic heterocycles. The van der Waals surface area contributed by atoms with Crippen LogP contribution in [0.5, 0.6) is 17.2 Å². The third-order valence-corrected chi connectivity index (χ3v) is 5.10. The van der Waals surface area contributed by atoms with E-state index in [1.807, 2.05) is 13.8 Å². The molecule has 2 aromatic carbocycles. The molecular formula is C18H18BrClN2O4. The Kier molecular flexibility index (Phi) is 6.88. The van der Waals surface area contributed by atoms with Gasteiger partial charge in [0.25, 0.3) is 5.91 Å². The predicted molar refractivity (Wildman–Crippen MR) is 105 cm³/mol. The molecule has 0 unspecified atom stereocenters. The van der Waals surface area contributed by atoms with Crippen molar-refractivity contribution in [2.75, 3.05) is 13.7 Å². The number of hydrazone groups is 1. The highest BCUT2D eigenvalue weighted by Crippen LogP contribution is 2.35. The SMILES string of the molecule is COc1ccc(/C=N/NC(=O)COc2cc(C)c(Cl)c(C)c2Br)cc1O. The fourth-order valence-electron chi connectivity index (χ4n) is 2.15. The number of rotatable bonds is 6. The second-order valence-electron chi connectivity index (χ2n) is 5.46. The van der Waals surface area contributed by atoms with Crippen LogP contribution in [0, 0.1) is 13.8 Å². The number of carbonyl (C=O) groups excluding carboxylic acids is 1. The summed E-state index contributed by atoms with van der Waals surface area (Å²) in [6, 6.07) is 6.53. The summed E-state index contributed by atoms with van der Waals surface area (Å²) in [4.78, 5) is 11.9. The third kappa shape index (κ3) is 4.89. The Bertz CT molecular complexity index is 856. The number of amides is 1. The summed E-state index contributed by atoms with van der Waals surface area (Å²) in [7, 11) is 1.46. The molecule has 2 aromatic rings. The summed E-state index contributed by atoms with van der Waals surface area (Å²) in [5.41, 5.74) is 4.68. The number of methoxy groups -OCH3 is 1. The second-order valence-corrected chi connectivity index (χ2v) is 6.63. The fourth-order valence-corrected chi connectivity index (χ4v) is 2.84. The van der Waals surface area contributed by atoms with Crippen molar-refractivity contribution in [3.8, 4) is 17.2 Å². The van der Waals surface area contributed by atoms with Crippen molar-refractivity contribution in [2.24, 2.45) is 5.10 Å². The van der Waals surface area contributed by atoms with E-state index in [4.69, 9.17) is 21.1 Å². The monoisotopic (exact) mass is 440 g/mol. The fraction of sp³-hybridized carbons (Fsp3) is 0.222. The molecular weight excluding hydrogens is 424 g/mol. The van der Waals surface area contributed by atoms with Gasteiger partial charge in [0, 0.05) is 5.02 Å². The molecule has 1 amide bonds. The zero-order valence-electron chi connectivity index (χ0n) is 14.5. The Balaban J connectivity index is 1.93. The Morgan fingerprint density at radius 2 is 2.08 bits per heavy atom. The molecule has 0 aliphatic rings. The summed E-state index contributed by atoms with van der Waals surface area (Å²) in [5.74, 6) is 0.461. The van der Waals surface area contributed by atoms with Crippen LogP contribution in [0.4, 0.5) is 0 Å². The molecule has 26 heavy (non-hydrogen) atoms. The lowest BCUT2D eigenvalue weighted by Crippen LogP contribution is -2.24. The number of carbonyl (C=O) groups is 1. The summed E-state index contributed by atoms with van der Waals surface area (Å²) >= 11 is 9.58. The van der Waals surface area contributed by atoms with Crippen LogP contribution in [0.15, 0.2) is 33.8 Å². The van der Waals surface area contributed by atoms with Crippen LogP contribution in [0.2, 0.25) is 5.02 Å². The minimum Gasteiger partial charge on any atom is -0.504 e. The number of phenols is 1. The first-order valence-electron chi connectivity index (χ1n) is 7.60. The van der Waals surface area contributed by atoms with Gasteiger partial charge in [-0.1, -0.05) is 11.6 Å². The van der Waals surface area contributed by atoms with E-state index in [2.05, 4.69) is 26.5 Å². The van der Waals surface area contributed by atoms with E-state index in [1.54, 1.807) is 18.2 Å². The summed E-state index contributed by atoms with van der Waals surface area (Å²) in [5, 5.41) is 14.2. The molecule has 0 aromatic heterocycles. The van der Waals surface area contributed by atoms with Crippen molar-refractivity contribution in [3.63, 3.8) is 0 Å². The van der Waals surface area contributed by atoms with Gasteiger partial charge in [0.2, 0.25) is 0 Å².